The molecule has 1 radical (unpaired) electrons. The fraction of sp³-hybridized carbons (Fsp3) is 0.310. The zero-order valence-electron chi connectivity index (χ0n) is 19.5. The van der Waals surface area contributed by atoms with E-state index in [4.69, 9.17) is 5.73 Å². The Labute approximate surface area is 198 Å². The quantitative estimate of drug-likeness (QED) is 0.409. The van der Waals surface area contributed by atoms with Crippen LogP contribution in [0.2, 0.25) is 0 Å². The molecule has 0 heterocycles. The van der Waals surface area contributed by atoms with Gasteiger partial charge in [0.15, 0.2) is 0 Å². The molecule has 0 bridgehead atoms. The molecule has 1 atom stereocenters. The summed E-state index contributed by atoms with van der Waals surface area (Å²) in [6, 6.07) is 27.0. The third-order valence-corrected chi connectivity index (χ3v) is 5.85. The van der Waals surface area contributed by atoms with Gasteiger partial charge in [0.1, 0.15) is 0 Å². The van der Waals surface area contributed by atoms with Crippen molar-refractivity contribution in [3.8, 4) is 0 Å². The Kier molecular flexibility index (Phi) is 9.67. The second-order valence-corrected chi connectivity index (χ2v) is 8.62. The van der Waals surface area contributed by atoms with Gasteiger partial charge in [-0.2, -0.15) is 0 Å². The predicted molar refractivity (Wildman–Crippen MR) is 134 cm³/mol. The zero-order valence-corrected chi connectivity index (χ0v) is 19.5. The van der Waals surface area contributed by atoms with E-state index in [1.54, 1.807) is 0 Å². The van der Waals surface area contributed by atoms with Crippen LogP contribution < -0.4 is 5.73 Å². The van der Waals surface area contributed by atoms with E-state index < -0.39 is 6.10 Å². The van der Waals surface area contributed by atoms with Crippen molar-refractivity contribution in [2.75, 3.05) is 6.54 Å². The highest BCUT2D eigenvalue weighted by molar-refractivity contribution is 5.76. The van der Waals surface area contributed by atoms with Gasteiger partial charge in [-0.3, -0.25) is 9.69 Å². The second kappa shape index (κ2) is 12.9. The maximum atomic E-state index is 11.2. The van der Waals surface area contributed by atoms with E-state index in [0.717, 1.165) is 38.0 Å². The van der Waals surface area contributed by atoms with E-state index in [9.17, 15) is 9.90 Å². The fourth-order valence-corrected chi connectivity index (χ4v) is 3.89. The maximum Gasteiger partial charge on any atom is 0.221 e. The highest BCUT2D eigenvalue weighted by Gasteiger charge is 2.12. The highest BCUT2D eigenvalue weighted by Crippen LogP contribution is 2.15. The van der Waals surface area contributed by atoms with Crippen LogP contribution in [0.4, 0.5) is 0 Å². The molecule has 33 heavy (non-hydrogen) atoms. The van der Waals surface area contributed by atoms with Crippen LogP contribution in [0.15, 0.2) is 78.9 Å². The van der Waals surface area contributed by atoms with Crippen LogP contribution in [0.1, 0.15) is 41.2 Å². The number of carbonyl (C=O) groups excluding carboxylic acids is 1. The summed E-state index contributed by atoms with van der Waals surface area (Å²) in [5.74, 6) is -0.319. The lowest BCUT2D eigenvalue weighted by Gasteiger charge is -2.24. The van der Waals surface area contributed by atoms with Crippen LogP contribution >= 0.6 is 0 Å². The van der Waals surface area contributed by atoms with Crippen molar-refractivity contribution in [3.05, 3.63) is 113 Å². The Morgan fingerprint density at radius 2 is 1.39 bits per heavy atom. The minimum atomic E-state index is -0.451. The maximum absolute atomic E-state index is 11.2. The number of nitrogens with zero attached hydrogens (tertiary/aromatic N) is 1. The molecule has 0 aliphatic carbocycles. The lowest BCUT2D eigenvalue weighted by Crippen LogP contribution is -2.27. The number of aliphatic hydroxyl groups is 1. The van der Waals surface area contributed by atoms with Crippen molar-refractivity contribution in [2.45, 2.75) is 51.8 Å². The summed E-state index contributed by atoms with van der Waals surface area (Å²) in [6.07, 6.45) is 4.28. The normalized spacial score (nSPS) is 12.1. The molecule has 4 nitrogen and oxygen atoms in total. The summed E-state index contributed by atoms with van der Waals surface area (Å²) in [4.78, 5) is 13.5. The molecule has 0 aromatic heterocycles. The average molecular weight is 444 g/mol. The van der Waals surface area contributed by atoms with Gasteiger partial charge in [-0.1, -0.05) is 85.8 Å². The van der Waals surface area contributed by atoms with Gasteiger partial charge in [0.2, 0.25) is 5.91 Å². The number of aliphatic hydroxyl groups excluding tert-OH is 1. The molecule has 3 rings (SSSR count). The van der Waals surface area contributed by atoms with Crippen LogP contribution in [0.5, 0.6) is 0 Å². The van der Waals surface area contributed by atoms with Crippen molar-refractivity contribution >= 4 is 5.91 Å². The molecular weight excluding hydrogens is 408 g/mol. The Balaban J connectivity index is 1.60. The van der Waals surface area contributed by atoms with Gasteiger partial charge >= 0.3 is 0 Å². The molecule has 0 aliphatic rings. The number of primary amides is 1. The van der Waals surface area contributed by atoms with Crippen LogP contribution in [0.25, 0.3) is 0 Å². The van der Waals surface area contributed by atoms with E-state index in [1.165, 1.54) is 22.3 Å². The minimum absolute atomic E-state index is 0.261. The van der Waals surface area contributed by atoms with Crippen LogP contribution in [-0.4, -0.2) is 28.6 Å². The first-order chi connectivity index (χ1) is 16.0. The molecule has 4 heteroatoms. The molecule has 3 aromatic carbocycles. The number of carbonyl (C=O) groups is 1. The molecule has 0 spiro atoms. The molecule has 0 unspecified atom stereocenters. The Morgan fingerprint density at radius 3 is 1.94 bits per heavy atom. The van der Waals surface area contributed by atoms with Gasteiger partial charge in [-0.15, -0.1) is 0 Å². The Hall–Kier alpha value is -2.95. The summed E-state index contributed by atoms with van der Waals surface area (Å²) in [7, 11) is 0. The second-order valence-electron chi connectivity index (χ2n) is 8.62. The highest BCUT2D eigenvalue weighted by atomic mass is 16.3. The molecule has 0 fully saturated rings. The summed E-state index contributed by atoms with van der Waals surface area (Å²) < 4.78 is 0. The van der Waals surface area contributed by atoms with Crippen molar-refractivity contribution in [1.82, 2.24) is 4.90 Å². The van der Waals surface area contributed by atoms with Crippen LogP contribution in [0, 0.1) is 6.42 Å². The lowest BCUT2D eigenvalue weighted by atomic mass is 10.0. The van der Waals surface area contributed by atoms with E-state index in [0.29, 0.717) is 6.42 Å². The van der Waals surface area contributed by atoms with Crippen molar-refractivity contribution in [2.24, 2.45) is 5.73 Å². The van der Waals surface area contributed by atoms with Gasteiger partial charge in [0.25, 0.3) is 0 Å². The first-order valence-corrected chi connectivity index (χ1v) is 11.7. The predicted octanol–water partition coefficient (Wildman–Crippen LogP) is 4.48. The fourth-order valence-electron chi connectivity index (χ4n) is 3.89. The summed E-state index contributed by atoms with van der Waals surface area (Å²) in [5.41, 5.74) is 11.2. The number of nitrogens with two attached hydrogens (primary N) is 1. The number of amides is 1. The average Bonchev–Trinajstić information content (AvgIpc) is 2.83. The number of benzene rings is 3. The van der Waals surface area contributed by atoms with Crippen LogP contribution in [0.3, 0.4) is 0 Å². The van der Waals surface area contributed by atoms with Crippen molar-refractivity contribution < 1.29 is 9.90 Å². The number of hydrogen-bond acceptors (Lipinski definition) is 3. The molecule has 3 aromatic rings. The van der Waals surface area contributed by atoms with Crippen LogP contribution in [-0.2, 0) is 37.1 Å². The monoisotopic (exact) mass is 443 g/mol. The first-order valence-electron chi connectivity index (χ1n) is 11.7. The molecule has 173 valence electrons. The minimum Gasteiger partial charge on any atom is -0.393 e. The SMILES string of the molecule is CCc1ccc(CN(CC[C@H](O)[CH]Cc2ccccc2)Cc2ccc(CC(N)=O)cc2)cc1. The largest absolute Gasteiger partial charge is 0.393 e. The molecule has 1 amide bonds. The molecule has 0 saturated carbocycles. The molecule has 0 aliphatic heterocycles. The third-order valence-electron chi connectivity index (χ3n) is 5.85. The topological polar surface area (TPSA) is 66.6 Å². The van der Waals surface area contributed by atoms with Gasteiger partial charge in [0, 0.05) is 19.6 Å². The van der Waals surface area contributed by atoms with E-state index >= 15 is 0 Å². The summed E-state index contributed by atoms with van der Waals surface area (Å²) in [6.45, 7) is 4.54. The summed E-state index contributed by atoms with van der Waals surface area (Å²) in [5, 5.41) is 10.6. The third kappa shape index (κ3) is 8.83. The Morgan fingerprint density at radius 1 is 0.848 bits per heavy atom. The van der Waals surface area contributed by atoms with E-state index in [2.05, 4.69) is 60.4 Å². The summed E-state index contributed by atoms with van der Waals surface area (Å²) >= 11 is 0. The van der Waals surface area contributed by atoms with Gasteiger partial charge < -0.3 is 10.8 Å². The van der Waals surface area contributed by atoms with Crippen molar-refractivity contribution in [1.29, 1.82) is 0 Å². The van der Waals surface area contributed by atoms with Gasteiger partial charge in [-0.25, -0.2) is 0 Å². The number of rotatable bonds is 13. The van der Waals surface area contributed by atoms with E-state index in [-0.39, 0.29) is 12.3 Å². The Bertz CT molecular complexity index is 969. The first kappa shape index (κ1) is 24.7. The number of hydrogen-bond donors (Lipinski definition) is 2. The zero-order chi connectivity index (χ0) is 23.5. The molecule has 0 saturated heterocycles. The van der Waals surface area contributed by atoms with Gasteiger partial charge in [-0.05, 0) is 53.5 Å². The van der Waals surface area contributed by atoms with E-state index in [1.807, 2.05) is 36.8 Å². The molecule has 3 N–H and O–H groups in total. The smallest absolute Gasteiger partial charge is 0.221 e. The standard InChI is InChI=1S/C29H35N2O2/c1-2-23-8-12-26(13-9-23)21-31(22-27-14-10-25(11-15-27)20-29(30)33)19-18-28(32)17-16-24-6-4-3-5-7-24/h3-15,17,28,32H,2,16,18-22H2,1H3,(H2,30,33)/t28-/m1/s1. The number of aryl methyl sites for hydroxylation is 1. The van der Waals surface area contributed by atoms with Gasteiger partial charge in [0.05, 0.1) is 12.5 Å². The van der Waals surface area contributed by atoms with Crippen molar-refractivity contribution in [3.63, 3.8) is 0 Å². The molecular formula is C29H35N2O2. The lowest BCUT2D eigenvalue weighted by molar-refractivity contribution is -0.117.